The van der Waals surface area contributed by atoms with Crippen LogP contribution in [0.5, 0.6) is 0 Å². The average molecular weight is 204 g/mol. The predicted octanol–water partition coefficient (Wildman–Crippen LogP) is 4.64. The fraction of sp³-hybridized carbons (Fsp3) is 1.00. The van der Waals surface area contributed by atoms with E-state index in [9.17, 15) is 8.78 Å². The summed E-state index contributed by atoms with van der Waals surface area (Å²) in [5.41, 5.74) is 0.122. The summed E-state index contributed by atoms with van der Waals surface area (Å²) >= 11 is 0. The second-order valence-corrected chi connectivity index (χ2v) is 5.41. The highest BCUT2D eigenvalue weighted by atomic mass is 19.3. The van der Waals surface area contributed by atoms with E-state index in [1.54, 1.807) is 0 Å². The Morgan fingerprint density at radius 1 is 1.21 bits per heavy atom. The highest BCUT2D eigenvalue weighted by Gasteiger charge is 2.50. The van der Waals surface area contributed by atoms with Crippen molar-refractivity contribution >= 4 is 0 Å². The van der Waals surface area contributed by atoms with Crippen molar-refractivity contribution in [2.45, 2.75) is 65.2 Å². The molecule has 0 N–H and O–H groups in total. The zero-order valence-corrected chi connectivity index (χ0v) is 9.58. The van der Waals surface area contributed by atoms with Gasteiger partial charge in [-0.15, -0.1) is 0 Å². The molecule has 14 heavy (non-hydrogen) atoms. The summed E-state index contributed by atoms with van der Waals surface area (Å²) in [7, 11) is 0. The van der Waals surface area contributed by atoms with Crippen LogP contribution in [0.25, 0.3) is 0 Å². The van der Waals surface area contributed by atoms with Crippen LogP contribution in [0.3, 0.4) is 0 Å². The van der Waals surface area contributed by atoms with Gasteiger partial charge in [0.1, 0.15) is 0 Å². The lowest BCUT2D eigenvalue weighted by Crippen LogP contribution is -2.43. The van der Waals surface area contributed by atoms with Crippen molar-refractivity contribution in [2.75, 3.05) is 0 Å². The summed E-state index contributed by atoms with van der Waals surface area (Å²) in [4.78, 5) is 0. The van der Waals surface area contributed by atoms with Crippen LogP contribution in [0, 0.1) is 11.3 Å². The largest absolute Gasteiger partial charge is 0.248 e. The molecule has 1 aliphatic carbocycles. The maximum atomic E-state index is 12.7. The van der Waals surface area contributed by atoms with Gasteiger partial charge in [-0.25, -0.2) is 8.78 Å². The lowest BCUT2D eigenvalue weighted by atomic mass is 9.63. The summed E-state index contributed by atoms with van der Waals surface area (Å²) in [6.07, 6.45) is 4.95. The molecular formula is C12H22F2. The molecule has 0 nitrogen and oxygen atoms in total. The second kappa shape index (κ2) is 4.16. The zero-order valence-electron chi connectivity index (χ0n) is 9.58. The van der Waals surface area contributed by atoms with E-state index in [-0.39, 0.29) is 24.2 Å². The van der Waals surface area contributed by atoms with Gasteiger partial charge in [-0.3, -0.25) is 0 Å². The van der Waals surface area contributed by atoms with Crippen molar-refractivity contribution < 1.29 is 8.78 Å². The maximum absolute atomic E-state index is 12.7. The Balaban J connectivity index is 2.28. The van der Waals surface area contributed by atoms with Crippen LogP contribution >= 0.6 is 0 Å². The van der Waals surface area contributed by atoms with Crippen LogP contribution in [0.2, 0.25) is 0 Å². The van der Waals surface area contributed by atoms with Crippen molar-refractivity contribution in [3.63, 3.8) is 0 Å². The Hall–Kier alpha value is -0.140. The summed E-state index contributed by atoms with van der Waals surface area (Å²) in [5.74, 6) is -2.11. The smallest absolute Gasteiger partial charge is 0.207 e. The molecule has 1 aliphatic rings. The molecule has 0 bridgehead atoms. The van der Waals surface area contributed by atoms with E-state index in [1.165, 1.54) is 19.3 Å². The monoisotopic (exact) mass is 204 g/mol. The molecule has 0 radical (unpaired) electrons. The molecule has 0 aromatic rings. The number of rotatable bonds is 5. The van der Waals surface area contributed by atoms with E-state index in [0.29, 0.717) is 0 Å². The fourth-order valence-electron chi connectivity index (χ4n) is 2.25. The molecule has 1 rings (SSSR count). The third kappa shape index (κ3) is 2.93. The molecule has 1 saturated carbocycles. The highest BCUT2D eigenvalue weighted by Crippen LogP contribution is 2.52. The molecule has 0 unspecified atom stereocenters. The van der Waals surface area contributed by atoms with Crippen LogP contribution in [0.4, 0.5) is 8.78 Å². The van der Waals surface area contributed by atoms with E-state index in [1.807, 2.05) is 0 Å². The Kier molecular flexibility index (Phi) is 3.54. The standard InChI is InChI=1S/C12H22F2/c1-4-5-6-7-11(2,3)10-8-12(13,14)9-10/h10H,4-9H2,1-3H3. The number of hydrogen-bond donors (Lipinski definition) is 0. The molecule has 2 heteroatoms. The maximum Gasteiger partial charge on any atom is 0.248 e. The van der Waals surface area contributed by atoms with Crippen molar-refractivity contribution in [1.29, 1.82) is 0 Å². The minimum atomic E-state index is -2.35. The number of halogens is 2. The molecule has 1 fully saturated rings. The van der Waals surface area contributed by atoms with Crippen LogP contribution in [-0.4, -0.2) is 5.92 Å². The molecule has 0 aromatic carbocycles. The van der Waals surface area contributed by atoms with Gasteiger partial charge >= 0.3 is 0 Å². The fourth-order valence-corrected chi connectivity index (χ4v) is 2.25. The molecular weight excluding hydrogens is 182 g/mol. The van der Waals surface area contributed by atoms with E-state index < -0.39 is 5.92 Å². The molecule has 0 saturated heterocycles. The van der Waals surface area contributed by atoms with Gasteiger partial charge in [0, 0.05) is 12.8 Å². The summed E-state index contributed by atoms with van der Waals surface area (Å²) < 4.78 is 25.4. The van der Waals surface area contributed by atoms with E-state index in [4.69, 9.17) is 0 Å². The first kappa shape index (κ1) is 11.9. The van der Waals surface area contributed by atoms with Crippen molar-refractivity contribution in [1.82, 2.24) is 0 Å². The topological polar surface area (TPSA) is 0 Å². The van der Waals surface area contributed by atoms with Gasteiger partial charge in [-0.1, -0.05) is 40.0 Å². The molecule has 84 valence electrons. The quantitative estimate of drug-likeness (QED) is 0.572. The van der Waals surface area contributed by atoms with Crippen molar-refractivity contribution in [2.24, 2.45) is 11.3 Å². The lowest BCUT2D eigenvalue weighted by molar-refractivity contribution is -0.143. The van der Waals surface area contributed by atoms with Gasteiger partial charge in [0.15, 0.2) is 0 Å². The summed E-state index contributed by atoms with van der Waals surface area (Å²) in [5, 5.41) is 0. The molecule has 0 heterocycles. The molecule has 0 aromatic heterocycles. The molecule has 0 spiro atoms. The molecule has 0 amide bonds. The number of unbranched alkanes of at least 4 members (excludes halogenated alkanes) is 2. The van der Waals surface area contributed by atoms with Gasteiger partial charge in [0.05, 0.1) is 0 Å². The Morgan fingerprint density at radius 2 is 1.79 bits per heavy atom. The van der Waals surface area contributed by atoms with Gasteiger partial charge in [-0.05, 0) is 17.8 Å². The summed E-state index contributed by atoms with van der Waals surface area (Å²) in [6, 6.07) is 0. The van der Waals surface area contributed by atoms with Gasteiger partial charge < -0.3 is 0 Å². The second-order valence-electron chi connectivity index (χ2n) is 5.41. The first-order valence-corrected chi connectivity index (χ1v) is 5.75. The Labute approximate surface area is 86.1 Å². The van der Waals surface area contributed by atoms with Crippen molar-refractivity contribution in [3.05, 3.63) is 0 Å². The minimum Gasteiger partial charge on any atom is -0.207 e. The van der Waals surface area contributed by atoms with Gasteiger partial charge in [-0.2, -0.15) is 0 Å². The third-order valence-electron chi connectivity index (χ3n) is 3.62. The van der Waals surface area contributed by atoms with Crippen LogP contribution in [-0.2, 0) is 0 Å². The summed E-state index contributed by atoms with van der Waals surface area (Å²) in [6.45, 7) is 6.45. The van der Waals surface area contributed by atoms with Crippen LogP contribution in [0.15, 0.2) is 0 Å². The van der Waals surface area contributed by atoms with Crippen molar-refractivity contribution in [3.8, 4) is 0 Å². The Morgan fingerprint density at radius 3 is 2.21 bits per heavy atom. The van der Waals surface area contributed by atoms with Crippen LogP contribution < -0.4 is 0 Å². The zero-order chi connectivity index (χ0) is 10.8. The predicted molar refractivity (Wildman–Crippen MR) is 55.6 cm³/mol. The average Bonchev–Trinajstić information content (AvgIpc) is 2.00. The van der Waals surface area contributed by atoms with Gasteiger partial charge in [0.25, 0.3) is 0 Å². The lowest BCUT2D eigenvalue weighted by Gasteiger charge is -2.45. The highest BCUT2D eigenvalue weighted by molar-refractivity contribution is 4.94. The minimum absolute atomic E-state index is 0.117. The van der Waals surface area contributed by atoms with Crippen LogP contribution in [0.1, 0.15) is 59.3 Å². The van der Waals surface area contributed by atoms with E-state index in [2.05, 4.69) is 20.8 Å². The van der Waals surface area contributed by atoms with Gasteiger partial charge in [0.2, 0.25) is 5.92 Å². The first-order chi connectivity index (χ1) is 6.37. The normalized spacial score (nSPS) is 22.1. The third-order valence-corrected chi connectivity index (χ3v) is 3.62. The molecule has 0 atom stereocenters. The van der Waals surface area contributed by atoms with E-state index >= 15 is 0 Å². The SMILES string of the molecule is CCCCCC(C)(C)C1CC(F)(F)C1. The first-order valence-electron chi connectivity index (χ1n) is 5.75. The van der Waals surface area contributed by atoms with E-state index in [0.717, 1.165) is 6.42 Å². The Bertz CT molecular complexity index is 177. The molecule has 0 aliphatic heterocycles. The number of hydrogen-bond acceptors (Lipinski definition) is 0. The number of alkyl halides is 2.